The van der Waals surface area contributed by atoms with Crippen LogP contribution in [0.3, 0.4) is 0 Å². The number of thioether (sulfide) groups is 1. The summed E-state index contributed by atoms with van der Waals surface area (Å²) in [5.74, 6) is 3.30. The van der Waals surface area contributed by atoms with Gasteiger partial charge in [0.1, 0.15) is 17.8 Å². The lowest BCUT2D eigenvalue weighted by molar-refractivity contribution is -0.105. The van der Waals surface area contributed by atoms with Crippen LogP contribution >= 0.6 is 11.8 Å². The molecule has 0 unspecified atom stereocenters. The van der Waals surface area contributed by atoms with E-state index in [4.69, 9.17) is 4.42 Å². The molecule has 0 fully saturated rings. The predicted molar refractivity (Wildman–Crippen MR) is 50.3 cm³/mol. The van der Waals surface area contributed by atoms with Gasteiger partial charge in [0.05, 0.1) is 5.75 Å². The number of carbonyl (C=O) groups excluding carboxylic acids is 1. The first-order chi connectivity index (χ1) is 5.86. The minimum atomic E-state index is 0.544. The first-order valence-electron chi connectivity index (χ1n) is 3.95. The molecule has 66 valence electrons. The lowest BCUT2D eigenvalue weighted by atomic mass is 10.4. The number of carbonyl (C=O) groups is 1. The second-order valence-electron chi connectivity index (χ2n) is 2.40. The van der Waals surface area contributed by atoms with Crippen molar-refractivity contribution in [2.75, 3.05) is 5.75 Å². The highest BCUT2D eigenvalue weighted by Crippen LogP contribution is 2.14. The van der Waals surface area contributed by atoms with Crippen molar-refractivity contribution in [1.29, 1.82) is 0 Å². The van der Waals surface area contributed by atoms with Crippen LogP contribution in [0.15, 0.2) is 16.5 Å². The molecule has 0 N–H and O–H groups in total. The minimum Gasteiger partial charge on any atom is -0.465 e. The van der Waals surface area contributed by atoms with E-state index in [2.05, 4.69) is 6.92 Å². The molecule has 0 radical (unpaired) electrons. The topological polar surface area (TPSA) is 30.2 Å². The van der Waals surface area contributed by atoms with Gasteiger partial charge in [-0.2, -0.15) is 0 Å². The van der Waals surface area contributed by atoms with Crippen molar-refractivity contribution in [1.82, 2.24) is 0 Å². The summed E-state index contributed by atoms with van der Waals surface area (Å²) in [5.41, 5.74) is 0. The first kappa shape index (κ1) is 9.39. The van der Waals surface area contributed by atoms with Gasteiger partial charge < -0.3 is 9.21 Å². The van der Waals surface area contributed by atoms with Crippen LogP contribution in [0.4, 0.5) is 0 Å². The molecule has 0 aromatic carbocycles. The Morgan fingerprint density at radius 3 is 2.83 bits per heavy atom. The molecule has 1 rings (SSSR count). The van der Waals surface area contributed by atoms with Crippen LogP contribution < -0.4 is 0 Å². The van der Waals surface area contributed by atoms with Gasteiger partial charge in [-0.05, 0) is 12.1 Å². The zero-order chi connectivity index (χ0) is 8.81. The molecule has 0 bridgehead atoms. The Labute approximate surface area is 76.3 Å². The molecule has 0 aliphatic rings. The maximum absolute atomic E-state index is 10.0. The minimum absolute atomic E-state index is 0.544. The number of hydrogen-bond acceptors (Lipinski definition) is 3. The fraction of sp³-hybridized carbons (Fsp3) is 0.444. The maximum atomic E-state index is 10.0. The number of aryl methyl sites for hydroxylation is 1. The van der Waals surface area contributed by atoms with Gasteiger partial charge in [0, 0.05) is 12.2 Å². The third kappa shape index (κ3) is 2.74. The lowest BCUT2D eigenvalue weighted by Crippen LogP contribution is -1.80. The molecule has 0 spiro atoms. The molecule has 0 atom stereocenters. The molecule has 2 nitrogen and oxygen atoms in total. The molecular formula is C9H12O2S. The van der Waals surface area contributed by atoms with E-state index in [9.17, 15) is 4.79 Å². The number of hydrogen-bond donors (Lipinski definition) is 0. The monoisotopic (exact) mass is 184 g/mol. The third-order valence-corrected chi connectivity index (χ3v) is 2.36. The van der Waals surface area contributed by atoms with Crippen LogP contribution in [0.25, 0.3) is 0 Å². The van der Waals surface area contributed by atoms with Crippen LogP contribution in [0.5, 0.6) is 0 Å². The second-order valence-corrected chi connectivity index (χ2v) is 3.43. The summed E-state index contributed by atoms with van der Waals surface area (Å²) in [5, 5.41) is 0. The van der Waals surface area contributed by atoms with Crippen LogP contribution in [0, 0.1) is 0 Å². The molecule has 1 heterocycles. The maximum Gasteiger partial charge on any atom is 0.129 e. The van der Waals surface area contributed by atoms with E-state index in [-0.39, 0.29) is 0 Å². The smallest absolute Gasteiger partial charge is 0.129 e. The predicted octanol–water partition coefficient (Wildman–Crippen LogP) is 2.27. The first-order valence-corrected chi connectivity index (χ1v) is 5.11. The van der Waals surface area contributed by atoms with Gasteiger partial charge in [-0.1, -0.05) is 6.92 Å². The SMILES string of the molecule is CCc1ccc(CSCC=O)o1. The Bertz CT molecular complexity index is 242. The highest BCUT2D eigenvalue weighted by Gasteiger charge is 1.99. The third-order valence-electron chi connectivity index (χ3n) is 1.50. The van der Waals surface area contributed by atoms with Crippen LogP contribution in [-0.2, 0) is 17.0 Å². The summed E-state index contributed by atoms with van der Waals surface area (Å²) in [6.07, 6.45) is 1.84. The van der Waals surface area contributed by atoms with E-state index in [1.807, 2.05) is 12.1 Å². The Hall–Kier alpha value is -0.700. The van der Waals surface area contributed by atoms with E-state index < -0.39 is 0 Å². The second kappa shape index (κ2) is 5.04. The lowest BCUT2D eigenvalue weighted by Gasteiger charge is -1.92. The average molecular weight is 184 g/mol. The molecular weight excluding hydrogens is 172 g/mol. The zero-order valence-electron chi connectivity index (χ0n) is 7.08. The van der Waals surface area contributed by atoms with Gasteiger partial charge in [-0.3, -0.25) is 0 Å². The van der Waals surface area contributed by atoms with Crippen molar-refractivity contribution in [2.45, 2.75) is 19.1 Å². The summed E-state index contributed by atoms with van der Waals surface area (Å²) in [6.45, 7) is 2.06. The van der Waals surface area contributed by atoms with Crippen molar-refractivity contribution in [3.8, 4) is 0 Å². The molecule has 1 aromatic heterocycles. The van der Waals surface area contributed by atoms with Gasteiger partial charge in [0.25, 0.3) is 0 Å². The van der Waals surface area contributed by atoms with Crippen molar-refractivity contribution in [2.24, 2.45) is 0 Å². The Balaban J connectivity index is 2.36. The standard InChI is InChI=1S/C9H12O2S/c1-2-8-3-4-9(11-8)7-12-6-5-10/h3-5H,2,6-7H2,1H3. The van der Waals surface area contributed by atoms with Gasteiger partial charge in [0.2, 0.25) is 0 Å². The number of rotatable bonds is 5. The molecule has 1 aromatic rings. The highest BCUT2D eigenvalue weighted by molar-refractivity contribution is 7.99. The molecule has 0 saturated heterocycles. The fourth-order valence-corrected chi connectivity index (χ4v) is 1.47. The molecule has 0 amide bonds. The molecule has 3 heteroatoms. The molecule has 12 heavy (non-hydrogen) atoms. The zero-order valence-corrected chi connectivity index (χ0v) is 7.89. The normalized spacial score (nSPS) is 10.1. The number of aldehydes is 1. The van der Waals surface area contributed by atoms with Gasteiger partial charge >= 0.3 is 0 Å². The summed E-state index contributed by atoms with van der Waals surface area (Å²) < 4.78 is 5.44. The Kier molecular flexibility index (Phi) is 3.94. The summed E-state index contributed by atoms with van der Waals surface area (Å²) >= 11 is 1.57. The highest BCUT2D eigenvalue weighted by atomic mass is 32.2. The van der Waals surface area contributed by atoms with Crippen molar-refractivity contribution in [3.05, 3.63) is 23.7 Å². The van der Waals surface area contributed by atoms with Crippen LogP contribution in [-0.4, -0.2) is 12.0 Å². The van der Waals surface area contributed by atoms with Crippen molar-refractivity contribution in [3.63, 3.8) is 0 Å². The summed E-state index contributed by atoms with van der Waals surface area (Å²) in [7, 11) is 0. The number of furan rings is 1. The van der Waals surface area contributed by atoms with Crippen molar-refractivity contribution < 1.29 is 9.21 Å². The molecule has 0 saturated carbocycles. The quantitative estimate of drug-likeness (QED) is 0.519. The molecule has 0 aliphatic carbocycles. The van der Waals surface area contributed by atoms with E-state index in [1.54, 1.807) is 11.8 Å². The molecule has 0 aliphatic heterocycles. The van der Waals surface area contributed by atoms with Gasteiger partial charge in [-0.25, -0.2) is 0 Å². The van der Waals surface area contributed by atoms with Crippen molar-refractivity contribution >= 4 is 18.0 Å². The van der Waals surface area contributed by atoms with E-state index >= 15 is 0 Å². The van der Waals surface area contributed by atoms with E-state index in [0.29, 0.717) is 5.75 Å². The summed E-state index contributed by atoms with van der Waals surface area (Å²) in [6, 6.07) is 3.95. The average Bonchev–Trinajstić information content (AvgIpc) is 2.53. The van der Waals surface area contributed by atoms with E-state index in [0.717, 1.165) is 30.0 Å². The largest absolute Gasteiger partial charge is 0.465 e. The van der Waals surface area contributed by atoms with Gasteiger partial charge in [0.15, 0.2) is 0 Å². The van der Waals surface area contributed by atoms with Crippen LogP contribution in [0.1, 0.15) is 18.4 Å². The fourth-order valence-electron chi connectivity index (χ4n) is 0.898. The summed E-state index contributed by atoms with van der Waals surface area (Å²) in [4.78, 5) is 10.0. The Morgan fingerprint density at radius 1 is 1.50 bits per heavy atom. The van der Waals surface area contributed by atoms with Gasteiger partial charge in [-0.15, -0.1) is 11.8 Å². The van der Waals surface area contributed by atoms with Crippen LogP contribution in [0.2, 0.25) is 0 Å². The Morgan fingerprint density at radius 2 is 2.25 bits per heavy atom. The van der Waals surface area contributed by atoms with E-state index in [1.165, 1.54) is 0 Å².